The summed E-state index contributed by atoms with van der Waals surface area (Å²) in [6.45, 7) is 0.186. The van der Waals surface area contributed by atoms with E-state index in [1.807, 2.05) is 6.07 Å². The number of carboxylic acid groups (broad SMARTS) is 1. The van der Waals surface area contributed by atoms with Crippen molar-refractivity contribution in [2.75, 3.05) is 13.7 Å². The quantitative estimate of drug-likeness (QED) is 0.389. The van der Waals surface area contributed by atoms with Gasteiger partial charge in [-0.2, -0.15) is 0 Å². The fourth-order valence-electron chi connectivity index (χ4n) is 3.01. The van der Waals surface area contributed by atoms with E-state index in [4.69, 9.17) is 5.11 Å². The molecule has 2 aromatic rings. The molecule has 1 aromatic carbocycles. The van der Waals surface area contributed by atoms with Crippen molar-refractivity contribution in [2.45, 2.75) is 42.9 Å². The van der Waals surface area contributed by atoms with Gasteiger partial charge in [-0.3, -0.25) is 9.78 Å². The average Bonchev–Trinajstić information content (AvgIpc) is 2.76. The normalized spacial score (nSPS) is 12.3. The van der Waals surface area contributed by atoms with Crippen LogP contribution in [0.5, 0.6) is 0 Å². The summed E-state index contributed by atoms with van der Waals surface area (Å²) in [7, 11) is -2.42. The zero-order valence-corrected chi connectivity index (χ0v) is 17.6. The molecule has 1 heterocycles. The van der Waals surface area contributed by atoms with Crippen LogP contribution in [-0.4, -0.2) is 44.1 Å². The minimum absolute atomic E-state index is 0.00974. The second-order valence-electron chi connectivity index (χ2n) is 6.84. The van der Waals surface area contributed by atoms with E-state index in [0.29, 0.717) is 12.8 Å². The van der Waals surface area contributed by atoms with Gasteiger partial charge in [0.05, 0.1) is 17.6 Å². The molecule has 0 amide bonds. The molecule has 1 aromatic heterocycles. The van der Waals surface area contributed by atoms with Crippen LogP contribution < -0.4 is 4.72 Å². The Kier molecular flexibility index (Phi) is 8.94. The Bertz CT molecular complexity index is 930. The van der Waals surface area contributed by atoms with Crippen molar-refractivity contribution in [1.29, 1.82) is 0 Å². The highest BCUT2D eigenvalue weighted by Crippen LogP contribution is 2.22. The van der Waals surface area contributed by atoms with E-state index in [-0.39, 0.29) is 28.9 Å². The van der Waals surface area contributed by atoms with Gasteiger partial charge in [0.15, 0.2) is 0 Å². The first-order valence-corrected chi connectivity index (χ1v) is 11.1. The zero-order valence-electron chi connectivity index (χ0n) is 16.8. The van der Waals surface area contributed by atoms with Crippen molar-refractivity contribution in [3.8, 4) is 0 Å². The van der Waals surface area contributed by atoms with Crippen LogP contribution in [-0.2, 0) is 19.6 Å². The highest BCUT2D eigenvalue weighted by molar-refractivity contribution is 7.89. The Morgan fingerprint density at radius 3 is 2.47 bits per heavy atom. The molecule has 0 spiro atoms. The highest BCUT2D eigenvalue weighted by atomic mass is 32.2. The number of methoxy groups -OCH3 is 1. The van der Waals surface area contributed by atoms with Gasteiger partial charge in [0.2, 0.25) is 10.0 Å². The number of carboxylic acids is 1. The second-order valence-corrected chi connectivity index (χ2v) is 8.61. The number of esters is 1. The summed E-state index contributed by atoms with van der Waals surface area (Å²) >= 11 is 0. The molecule has 0 fully saturated rings. The predicted octanol–water partition coefficient (Wildman–Crippen LogP) is 2.97. The van der Waals surface area contributed by atoms with E-state index in [2.05, 4.69) is 14.4 Å². The van der Waals surface area contributed by atoms with Gasteiger partial charge in [-0.1, -0.05) is 18.9 Å². The van der Waals surface area contributed by atoms with E-state index in [1.54, 1.807) is 18.5 Å². The van der Waals surface area contributed by atoms with E-state index in [1.165, 1.54) is 31.4 Å². The number of pyridine rings is 1. The number of aromatic nitrogens is 1. The average molecular weight is 435 g/mol. The number of hydrogen-bond acceptors (Lipinski definition) is 6. The number of sulfonamides is 1. The van der Waals surface area contributed by atoms with E-state index in [0.717, 1.165) is 24.8 Å². The summed E-state index contributed by atoms with van der Waals surface area (Å²) in [6, 6.07) is 8.78. The lowest BCUT2D eigenvalue weighted by atomic mass is 9.94. The van der Waals surface area contributed by atoms with Crippen LogP contribution in [0.15, 0.2) is 53.7 Å². The van der Waals surface area contributed by atoms with E-state index < -0.39 is 16.0 Å². The lowest BCUT2D eigenvalue weighted by Crippen LogP contribution is -2.28. The molecule has 0 aliphatic rings. The molecule has 0 saturated heterocycles. The summed E-state index contributed by atoms with van der Waals surface area (Å²) in [5, 5.41) is 8.95. The van der Waals surface area contributed by atoms with Crippen LogP contribution in [0.25, 0.3) is 0 Å². The Hall–Kier alpha value is -2.78. The first kappa shape index (κ1) is 23.5. The van der Waals surface area contributed by atoms with Gasteiger partial charge in [0.25, 0.3) is 0 Å². The lowest BCUT2D eigenvalue weighted by Gasteiger charge is -2.18. The number of unbranched alkanes of at least 4 members (excludes halogenated alkanes) is 2. The maximum atomic E-state index is 12.6. The lowest BCUT2D eigenvalue weighted by molar-refractivity contribution is -0.140. The van der Waals surface area contributed by atoms with Gasteiger partial charge in [0, 0.05) is 25.4 Å². The molecular formula is C21H26N2O6S. The van der Waals surface area contributed by atoms with Crippen molar-refractivity contribution in [3.63, 3.8) is 0 Å². The predicted molar refractivity (Wildman–Crippen MR) is 111 cm³/mol. The number of rotatable bonds is 12. The Morgan fingerprint density at radius 2 is 1.87 bits per heavy atom. The number of nitrogens with one attached hydrogen (secondary N) is 1. The number of benzene rings is 1. The Balaban J connectivity index is 1.99. The minimum atomic E-state index is -3.78. The number of ether oxygens (including phenoxy) is 1. The molecule has 162 valence electrons. The molecule has 1 atom stereocenters. The number of hydrogen-bond donors (Lipinski definition) is 2. The summed E-state index contributed by atoms with van der Waals surface area (Å²) in [5.41, 5.74) is 0.948. The molecule has 0 radical (unpaired) electrons. The first-order chi connectivity index (χ1) is 14.3. The summed E-state index contributed by atoms with van der Waals surface area (Å²) in [4.78, 5) is 26.3. The van der Waals surface area contributed by atoms with E-state index >= 15 is 0 Å². The first-order valence-electron chi connectivity index (χ1n) is 9.63. The molecule has 9 heteroatoms. The zero-order chi connectivity index (χ0) is 22.0. The van der Waals surface area contributed by atoms with Crippen LogP contribution in [0.3, 0.4) is 0 Å². The molecule has 2 rings (SSSR count). The van der Waals surface area contributed by atoms with Crippen molar-refractivity contribution in [1.82, 2.24) is 9.71 Å². The summed E-state index contributed by atoms with van der Waals surface area (Å²) in [6.07, 6.45) is 6.84. The summed E-state index contributed by atoms with van der Waals surface area (Å²) < 4.78 is 32.5. The number of carbonyl (C=O) groups is 2. The maximum Gasteiger partial charge on any atom is 0.335 e. The number of nitrogens with zero attached hydrogens (tertiary/aromatic N) is 1. The Labute approximate surface area is 176 Å². The van der Waals surface area contributed by atoms with Crippen molar-refractivity contribution < 1.29 is 27.9 Å². The van der Waals surface area contributed by atoms with Crippen LogP contribution in [0.2, 0.25) is 0 Å². The third-order valence-electron chi connectivity index (χ3n) is 4.75. The van der Waals surface area contributed by atoms with E-state index in [9.17, 15) is 18.0 Å². The molecule has 2 N–H and O–H groups in total. The van der Waals surface area contributed by atoms with Gasteiger partial charge in [0.1, 0.15) is 0 Å². The van der Waals surface area contributed by atoms with Crippen molar-refractivity contribution in [3.05, 3.63) is 59.9 Å². The minimum Gasteiger partial charge on any atom is -0.478 e. The van der Waals surface area contributed by atoms with Crippen molar-refractivity contribution >= 4 is 22.0 Å². The van der Waals surface area contributed by atoms with Gasteiger partial charge in [-0.25, -0.2) is 17.9 Å². The second kappa shape index (κ2) is 11.4. The molecule has 0 aliphatic carbocycles. The van der Waals surface area contributed by atoms with Gasteiger partial charge < -0.3 is 9.84 Å². The van der Waals surface area contributed by atoms with Gasteiger partial charge in [-0.05, 0) is 54.7 Å². The van der Waals surface area contributed by atoms with Crippen LogP contribution in [0, 0.1) is 0 Å². The maximum absolute atomic E-state index is 12.6. The highest BCUT2D eigenvalue weighted by Gasteiger charge is 2.19. The van der Waals surface area contributed by atoms with Crippen LogP contribution in [0.4, 0.5) is 0 Å². The molecule has 0 aliphatic heterocycles. The third-order valence-corrected chi connectivity index (χ3v) is 6.19. The molecular weight excluding hydrogens is 408 g/mol. The largest absolute Gasteiger partial charge is 0.478 e. The Morgan fingerprint density at radius 1 is 1.13 bits per heavy atom. The van der Waals surface area contributed by atoms with Gasteiger partial charge >= 0.3 is 11.9 Å². The topological polar surface area (TPSA) is 123 Å². The smallest absolute Gasteiger partial charge is 0.335 e. The SMILES string of the molecule is COC(=O)CCCCCC(CNS(=O)(=O)c1ccc(C(=O)O)cc1)c1cccnc1. The van der Waals surface area contributed by atoms with Crippen LogP contribution in [0.1, 0.15) is 53.9 Å². The van der Waals surface area contributed by atoms with Crippen LogP contribution >= 0.6 is 0 Å². The summed E-state index contributed by atoms with van der Waals surface area (Å²) in [5.74, 6) is -1.43. The fourth-order valence-corrected chi connectivity index (χ4v) is 4.09. The molecule has 8 nitrogen and oxygen atoms in total. The fraction of sp³-hybridized carbons (Fsp3) is 0.381. The third kappa shape index (κ3) is 7.23. The standard InChI is InChI=1S/C21H26N2O6S/c1-29-20(24)8-4-2-3-6-18(17-7-5-13-22-14-17)15-23-30(27,28)19-11-9-16(10-12-19)21(25)26/h5,7,9-14,18,23H,2-4,6,8,15H2,1H3,(H,25,26). The molecule has 30 heavy (non-hydrogen) atoms. The molecule has 1 unspecified atom stereocenters. The monoisotopic (exact) mass is 434 g/mol. The van der Waals surface area contributed by atoms with Gasteiger partial charge in [-0.15, -0.1) is 0 Å². The van der Waals surface area contributed by atoms with Crippen molar-refractivity contribution in [2.24, 2.45) is 0 Å². The molecule has 0 saturated carbocycles. The molecule has 0 bridgehead atoms. The number of carbonyl (C=O) groups excluding carboxylic acids is 1. The number of aromatic carboxylic acids is 1.